The normalized spacial score (nSPS) is 19.2. The Morgan fingerprint density at radius 1 is 1.48 bits per heavy atom. The van der Waals surface area contributed by atoms with Gasteiger partial charge in [0.2, 0.25) is 0 Å². The maximum atomic E-state index is 14.0. The monoisotopic (exact) mass is 353 g/mol. The largest absolute Gasteiger partial charge is 0.383 e. The van der Waals surface area contributed by atoms with Crippen molar-refractivity contribution in [1.82, 2.24) is 4.90 Å². The van der Waals surface area contributed by atoms with E-state index in [-0.39, 0.29) is 10.3 Å². The van der Waals surface area contributed by atoms with Crippen molar-refractivity contribution in [3.63, 3.8) is 0 Å². The number of hydrogen-bond donors (Lipinski definition) is 1. The summed E-state index contributed by atoms with van der Waals surface area (Å²) in [5, 5.41) is 12.0. The fraction of sp³-hybridized carbons (Fsp3) is 0.562. The molecule has 0 aliphatic carbocycles. The Balaban J connectivity index is 1.81. The van der Waals surface area contributed by atoms with E-state index in [1.54, 1.807) is 12.1 Å². The van der Waals surface area contributed by atoms with Crippen LogP contribution in [0.1, 0.15) is 38.2 Å². The van der Waals surface area contributed by atoms with Gasteiger partial charge >= 0.3 is 0 Å². The first kappa shape index (κ1) is 16.3. The number of likely N-dealkylation sites (tertiary alicyclic amines) is 1. The van der Waals surface area contributed by atoms with Crippen molar-refractivity contribution in [3.05, 3.63) is 28.0 Å². The van der Waals surface area contributed by atoms with Gasteiger partial charge in [-0.15, -0.1) is 0 Å². The number of nitrogens with zero attached hydrogens (tertiary/aromatic N) is 2. The number of nitriles is 1. The SMILES string of the molecule is CC1CCCCN1CCCNc1ccc(C#N)c(Br)c1F. The summed E-state index contributed by atoms with van der Waals surface area (Å²) >= 11 is 3.12. The molecule has 2 rings (SSSR count). The lowest BCUT2D eigenvalue weighted by atomic mass is 10.0. The van der Waals surface area contributed by atoms with Crippen LogP contribution in [0.3, 0.4) is 0 Å². The zero-order chi connectivity index (χ0) is 15.2. The van der Waals surface area contributed by atoms with E-state index in [2.05, 4.69) is 33.1 Å². The minimum Gasteiger partial charge on any atom is -0.383 e. The maximum Gasteiger partial charge on any atom is 0.161 e. The van der Waals surface area contributed by atoms with Gasteiger partial charge in [0.1, 0.15) is 6.07 Å². The lowest BCUT2D eigenvalue weighted by molar-refractivity contribution is 0.160. The predicted molar refractivity (Wildman–Crippen MR) is 86.8 cm³/mol. The smallest absolute Gasteiger partial charge is 0.161 e. The topological polar surface area (TPSA) is 39.1 Å². The molecular weight excluding hydrogens is 333 g/mol. The van der Waals surface area contributed by atoms with Gasteiger partial charge in [-0.3, -0.25) is 0 Å². The van der Waals surface area contributed by atoms with Crippen LogP contribution in [-0.2, 0) is 0 Å². The Morgan fingerprint density at radius 2 is 2.29 bits per heavy atom. The number of rotatable bonds is 5. The molecule has 5 heteroatoms. The molecule has 0 radical (unpaired) electrons. The van der Waals surface area contributed by atoms with Gasteiger partial charge < -0.3 is 10.2 Å². The van der Waals surface area contributed by atoms with Gasteiger partial charge in [0.05, 0.1) is 15.7 Å². The summed E-state index contributed by atoms with van der Waals surface area (Å²) in [6.07, 6.45) is 4.89. The van der Waals surface area contributed by atoms with Crippen molar-refractivity contribution >= 4 is 21.6 Å². The van der Waals surface area contributed by atoms with E-state index in [9.17, 15) is 4.39 Å². The second-order valence-corrected chi connectivity index (χ2v) is 6.35. The molecule has 1 unspecified atom stereocenters. The van der Waals surface area contributed by atoms with Crippen LogP contribution >= 0.6 is 15.9 Å². The molecule has 1 atom stereocenters. The van der Waals surface area contributed by atoms with Crippen molar-refractivity contribution in [2.24, 2.45) is 0 Å². The van der Waals surface area contributed by atoms with Crippen LogP contribution in [0.5, 0.6) is 0 Å². The minimum absolute atomic E-state index is 0.236. The van der Waals surface area contributed by atoms with Crippen LogP contribution in [0, 0.1) is 17.1 Å². The van der Waals surface area contributed by atoms with Crippen LogP contribution in [0.4, 0.5) is 10.1 Å². The highest BCUT2D eigenvalue weighted by atomic mass is 79.9. The molecule has 0 amide bonds. The number of hydrogen-bond acceptors (Lipinski definition) is 3. The first-order valence-electron chi connectivity index (χ1n) is 7.49. The van der Waals surface area contributed by atoms with Gasteiger partial charge in [-0.25, -0.2) is 4.39 Å². The molecule has 1 saturated heterocycles. The van der Waals surface area contributed by atoms with Gasteiger partial charge in [-0.2, -0.15) is 5.26 Å². The molecule has 1 aliphatic heterocycles. The number of anilines is 1. The second kappa shape index (κ2) is 7.77. The highest BCUT2D eigenvalue weighted by Crippen LogP contribution is 2.26. The summed E-state index contributed by atoms with van der Waals surface area (Å²) < 4.78 is 14.3. The maximum absolute atomic E-state index is 14.0. The molecule has 114 valence electrons. The van der Waals surface area contributed by atoms with Crippen LogP contribution in [0.2, 0.25) is 0 Å². The van der Waals surface area contributed by atoms with E-state index in [4.69, 9.17) is 5.26 Å². The first-order chi connectivity index (χ1) is 10.1. The summed E-state index contributed by atoms with van der Waals surface area (Å²) in [4.78, 5) is 2.51. The van der Waals surface area contributed by atoms with E-state index in [1.807, 2.05) is 6.07 Å². The predicted octanol–water partition coefficient (Wildman–Crippen LogP) is 4.14. The average Bonchev–Trinajstić information content (AvgIpc) is 2.49. The molecule has 0 aromatic heterocycles. The molecule has 3 nitrogen and oxygen atoms in total. The van der Waals surface area contributed by atoms with Gasteiger partial charge in [0, 0.05) is 19.1 Å². The quantitative estimate of drug-likeness (QED) is 0.808. The molecule has 0 bridgehead atoms. The Kier molecular flexibility index (Phi) is 6.01. The van der Waals surface area contributed by atoms with Gasteiger partial charge in [-0.05, 0) is 60.8 Å². The van der Waals surface area contributed by atoms with Crippen molar-refractivity contribution in [2.75, 3.05) is 25.0 Å². The second-order valence-electron chi connectivity index (χ2n) is 5.56. The Morgan fingerprint density at radius 3 is 3.00 bits per heavy atom. The van der Waals surface area contributed by atoms with Crippen molar-refractivity contribution < 1.29 is 4.39 Å². The Labute approximate surface area is 134 Å². The van der Waals surface area contributed by atoms with Crippen LogP contribution in [-0.4, -0.2) is 30.6 Å². The minimum atomic E-state index is -0.389. The summed E-state index contributed by atoms with van der Waals surface area (Å²) in [7, 11) is 0. The van der Waals surface area contributed by atoms with E-state index < -0.39 is 0 Å². The van der Waals surface area contributed by atoms with Crippen LogP contribution in [0.25, 0.3) is 0 Å². The molecule has 1 N–H and O–H groups in total. The van der Waals surface area contributed by atoms with Crippen LogP contribution in [0.15, 0.2) is 16.6 Å². The standard InChI is InChI=1S/C16H21BrFN3/c1-12-5-2-3-9-21(12)10-4-8-20-14-7-6-13(11-19)15(17)16(14)18/h6-7,12,20H,2-5,8-10H2,1H3. The molecule has 1 heterocycles. The molecule has 0 spiro atoms. The van der Waals surface area contributed by atoms with Crippen molar-refractivity contribution in [1.29, 1.82) is 5.26 Å². The fourth-order valence-corrected chi connectivity index (χ4v) is 3.20. The highest BCUT2D eigenvalue weighted by Gasteiger charge is 2.17. The van der Waals surface area contributed by atoms with Crippen molar-refractivity contribution in [3.8, 4) is 6.07 Å². The van der Waals surface area contributed by atoms with Crippen molar-refractivity contribution in [2.45, 2.75) is 38.6 Å². The van der Waals surface area contributed by atoms with Gasteiger partial charge in [0.25, 0.3) is 0 Å². The van der Waals surface area contributed by atoms with E-state index >= 15 is 0 Å². The zero-order valence-corrected chi connectivity index (χ0v) is 13.9. The van der Waals surface area contributed by atoms with E-state index in [0.717, 1.165) is 19.5 Å². The molecule has 1 aromatic carbocycles. The summed E-state index contributed by atoms with van der Waals surface area (Å²) in [6, 6.07) is 5.88. The zero-order valence-electron chi connectivity index (χ0n) is 12.3. The number of piperidine rings is 1. The fourth-order valence-electron chi connectivity index (χ4n) is 2.77. The Bertz CT molecular complexity index is 527. The highest BCUT2D eigenvalue weighted by molar-refractivity contribution is 9.10. The number of benzene rings is 1. The molecule has 1 aliphatic rings. The third-order valence-corrected chi connectivity index (χ3v) is 4.86. The molecular formula is C16H21BrFN3. The van der Waals surface area contributed by atoms with Gasteiger partial charge in [0.15, 0.2) is 5.82 Å². The van der Waals surface area contributed by atoms with E-state index in [1.165, 1.54) is 25.8 Å². The van der Waals surface area contributed by atoms with E-state index in [0.29, 0.717) is 17.3 Å². The summed E-state index contributed by atoms with van der Waals surface area (Å²) in [5.41, 5.74) is 0.771. The molecule has 1 fully saturated rings. The Hall–Kier alpha value is -1.12. The third-order valence-electron chi connectivity index (χ3n) is 4.08. The molecule has 0 saturated carbocycles. The lowest BCUT2D eigenvalue weighted by Crippen LogP contribution is -2.38. The average molecular weight is 354 g/mol. The summed E-state index contributed by atoms with van der Waals surface area (Å²) in [5.74, 6) is -0.389. The lowest BCUT2D eigenvalue weighted by Gasteiger charge is -2.33. The molecule has 1 aromatic rings. The molecule has 21 heavy (non-hydrogen) atoms. The third kappa shape index (κ3) is 4.18. The first-order valence-corrected chi connectivity index (χ1v) is 8.29. The number of nitrogens with one attached hydrogen (secondary N) is 1. The number of halogens is 2. The van der Waals surface area contributed by atoms with Gasteiger partial charge in [-0.1, -0.05) is 6.42 Å². The summed E-state index contributed by atoms with van der Waals surface area (Å²) in [6.45, 7) is 5.24. The van der Waals surface area contributed by atoms with Crippen LogP contribution < -0.4 is 5.32 Å².